The molecule has 1 unspecified atom stereocenters. The first-order valence-electron chi connectivity index (χ1n) is 12.3. The topological polar surface area (TPSA) is 120 Å². The number of fused-ring (bicyclic) bond motifs is 1. The van der Waals surface area contributed by atoms with Gasteiger partial charge in [0.15, 0.2) is 0 Å². The summed E-state index contributed by atoms with van der Waals surface area (Å²) in [7, 11) is 3.05. The van der Waals surface area contributed by atoms with E-state index in [-0.39, 0.29) is 6.42 Å². The molecule has 2 aromatic carbocycles. The Balaban J connectivity index is 1.75. The van der Waals surface area contributed by atoms with Crippen LogP contribution < -0.4 is 14.8 Å². The number of aromatic nitrogens is 2. The third-order valence-corrected chi connectivity index (χ3v) is 6.22. The van der Waals surface area contributed by atoms with Gasteiger partial charge in [0.1, 0.15) is 34.7 Å². The van der Waals surface area contributed by atoms with Crippen molar-refractivity contribution in [1.29, 1.82) is 0 Å². The minimum atomic E-state index is -1.53. The summed E-state index contributed by atoms with van der Waals surface area (Å²) in [5.41, 5.74) is 1.92. The van der Waals surface area contributed by atoms with Crippen LogP contribution in [-0.2, 0) is 22.6 Å². The molecule has 0 aliphatic carbocycles. The molecule has 1 atom stereocenters. The number of benzene rings is 2. The van der Waals surface area contributed by atoms with Crippen LogP contribution in [0, 0.1) is 11.6 Å². The molecule has 1 amide bonds. The highest BCUT2D eigenvalue weighted by molar-refractivity contribution is 5.99. The molecule has 0 radical (unpaired) electrons. The number of hydrogen-bond donors (Lipinski definition) is 2. The minimum absolute atomic E-state index is 0.277. The third kappa shape index (κ3) is 5.84. The molecule has 0 saturated carbocycles. The molecule has 0 spiro atoms. The van der Waals surface area contributed by atoms with Gasteiger partial charge in [0.2, 0.25) is 0 Å². The molecule has 0 fully saturated rings. The Hall–Kier alpha value is -4.64. The van der Waals surface area contributed by atoms with Gasteiger partial charge in [-0.05, 0) is 48.9 Å². The van der Waals surface area contributed by atoms with Crippen LogP contribution in [0.15, 0.2) is 54.9 Å². The molecule has 0 bridgehead atoms. The number of carbonyl (C=O) groups is 2. The van der Waals surface area contributed by atoms with Crippen LogP contribution in [-0.4, -0.2) is 53.8 Å². The summed E-state index contributed by atoms with van der Waals surface area (Å²) < 4.78 is 45.1. The lowest BCUT2D eigenvalue weighted by molar-refractivity contribution is -0.139. The van der Waals surface area contributed by atoms with Gasteiger partial charge in [-0.3, -0.25) is 14.8 Å². The van der Waals surface area contributed by atoms with Crippen molar-refractivity contribution in [3.63, 3.8) is 0 Å². The number of carboxylic acids is 1. The van der Waals surface area contributed by atoms with E-state index in [1.807, 2.05) is 19.1 Å². The van der Waals surface area contributed by atoms with Crippen LogP contribution in [0.5, 0.6) is 11.5 Å². The number of nitrogens with one attached hydrogen (secondary N) is 1. The Kier molecular flexibility index (Phi) is 8.85. The van der Waals surface area contributed by atoms with Gasteiger partial charge in [0.05, 0.1) is 37.6 Å². The van der Waals surface area contributed by atoms with E-state index in [2.05, 4.69) is 15.3 Å². The Morgan fingerprint density at radius 1 is 1.02 bits per heavy atom. The smallest absolute Gasteiger partial charge is 0.326 e. The molecule has 2 heterocycles. The van der Waals surface area contributed by atoms with E-state index in [9.17, 15) is 23.5 Å². The molecule has 11 heteroatoms. The number of carboxylic acid groups (broad SMARTS) is 1. The molecular formula is C29H27F2N3O6. The Bertz CT molecular complexity index is 1520. The minimum Gasteiger partial charge on any atom is -0.496 e. The van der Waals surface area contributed by atoms with Crippen molar-refractivity contribution in [2.24, 2.45) is 0 Å². The Labute approximate surface area is 228 Å². The zero-order valence-corrected chi connectivity index (χ0v) is 22.0. The van der Waals surface area contributed by atoms with E-state index in [0.29, 0.717) is 52.4 Å². The number of ether oxygens (including phenoxy) is 3. The predicted molar refractivity (Wildman–Crippen MR) is 142 cm³/mol. The van der Waals surface area contributed by atoms with Crippen LogP contribution in [0.4, 0.5) is 8.78 Å². The summed E-state index contributed by atoms with van der Waals surface area (Å²) in [6.07, 6.45) is 2.82. The van der Waals surface area contributed by atoms with Gasteiger partial charge in [-0.2, -0.15) is 0 Å². The van der Waals surface area contributed by atoms with E-state index < -0.39 is 35.1 Å². The summed E-state index contributed by atoms with van der Waals surface area (Å²) in [4.78, 5) is 33.7. The van der Waals surface area contributed by atoms with Crippen molar-refractivity contribution in [3.8, 4) is 22.6 Å². The van der Waals surface area contributed by atoms with Crippen molar-refractivity contribution >= 4 is 22.8 Å². The maximum atomic E-state index is 14.1. The van der Waals surface area contributed by atoms with Gasteiger partial charge in [-0.25, -0.2) is 13.6 Å². The molecule has 4 aromatic rings. The van der Waals surface area contributed by atoms with Crippen molar-refractivity contribution in [2.75, 3.05) is 20.8 Å². The Morgan fingerprint density at radius 3 is 2.30 bits per heavy atom. The van der Waals surface area contributed by atoms with Crippen molar-refractivity contribution in [1.82, 2.24) is 15.3 Å². The van der Waals surface area contributed by atoms with Gasteiger partial charge in [0, 0.05) is 36.4 Å². The van der Waals surface area contributed by atoms with Crippen LogP contribution >= 0.6 is 0 Å². The summed E-state index contributed by atoms with van der Waals surface area (Å²) in [6, 6.07) is 8.45. The second kappa shape index (κ2) is 12.5. The SMILES string of the molecule is CCOCc1cc(OC)c(-c2cnc(CC(NC(=O)c3c(F)cccc3F)C(=O)O)c3cccnc23)c(OC)c1. The normalized spacial score (nSPS) is 11.7. The first kappa shape index (κ1) is 28.4. The second-order valence-corrected chi connectivity index (χ2v) is 8.70. The number of nitrogens with zero attached hydrogens (tertiary/aromatic N) is 2. The highest BCUT2D eigenvalue weighted by Gasteiger charge is 2.27. The van der Waals surface area contributed by atoms with Crippen LogP contribution in [0.1, 0.15) is 28.5 Å². The average Bonchev–Trinajstić information content (AvgIpc) is 2.95. The van der Waals surface area contributed by atoms with Gasteiger partial charge in [-0.1, -0.05) is 6.07 Å². The zero-order chi connectivity index (χ0) is 28.8. The van der Waals surface area contributed by atoms with E-state index in [4.69, 9.17) is 14.2 Å². The molecular weight excluding hydrogens is 524 g/mol. The van der Waals surface area contributed by atoms with Gasteiger partial charge in [0.25, 0.3) is 5.91 Å². The molecule has 2 aromatic heterocycles. The van der Waals surface area contributed by atoms with E-state index in [1.165, 1.54) is 20.4 Å². The van der Waals surface area contributed by atoms with Crippen LogP contribution in [0.2, 0.25) is 0 Å². The van der Waals surface area contributed by atoms with Gasteiger partial charge >= 0.3 is 5.97 Å². The largest absolute Gasteiger partial charge is 0.496 e. The summed E-state index contributed by atoms with van der Waals surface area (Å²) in [5.74, 6) is -3.80. The third-order valence-electron chi connectivity index (χ3n) is 6.22. The fraction of sp³-hybridized carbons (Fsp3) is 0.241. The highest BCUT2D eigenvalue weighted by atomic mass is 19.1. The molecule has 0 aliphatic rings. The van der Waals surface area contributed by atoms with Crippen molar-refractivity contribution in [3.05, 3.63) is 83.3 Å². The molecule has 40 heavy (non-hydrogen) atoms. The number of amides is 1. The van der Waals surface area contributed by atoms with Crippen molar-refractivity contribution in [2.45, 2.75) is 26.0 Å². The maximum Gasteiger partial charge on any atom is 0.326 e. The van der Waals surface area contributed by atoms with E-state index >= 15 is 0 Å². The number of carbonyl (C=O) groups excluding carboxylic acids is 1. The standard InChI is InChI=1S/C29H27F2N3O6/c1-4-40-15-16-11-23(38-2)25(24(12-16)39-3)18-14-33-21(17-7-6-10-32-27(17)18)13-22(29(36)37)34-28(35)26-19(30)8-5-9-20(26)31/h5-12,14,22H,4,13,15H2,1-3H3,(H,34,35)(H,36,37). The number of halogens is 2. The lowest BCUT2D eigenvalue weighted by Gasteiger charge is -2.19. The molecule has 9 nitrogen and oxygen atoms in total. The number of methoxy groups -OCH3 is 2. The van der Waals surface area contributed by atoms with E-state index in [0.717, 1.165) is 23.8 Å². The number of aliphatic carboxylic acids is 1. The lowest BCUT2D eigenvalue weighted by Crippen LogP contribution is -2.43. The average molecular weight is 552 g/mol. The predicted octanol–water partition coefficient (Wildman–Crippen LogP) is 4.55. The Morgan fingerprint density at radius 2 is 1.70 bits per heavy atom. The molecule has 0 saturated heterocycles. The monoisotopic (exact) mass is 551 g/mol. The number of rotatable bonds is 11. The number of hydrogen-bond acceptors (Lipinski definition) is 7. The van der Waals surface area contributed by atoms with Crippen molar-refractivity contribution < 1.29 is 37.7 Å². The summed E-state index contributed by atoms with van der Waals surface area (Å²) in [5, 5.41) is 12.5. The first-order chi connectivity index (χ1) is 19.3. The molecule has 0 aliphatic heterocycles. The van der Waals surface area contributed by atoms with Gasteiger partial charge < -0.3 is 24.6 Å². The second-order valence-electron chi connectivity index (χ2n) is 8.70. The maximum absolute atomic E-state index is 14.1. The van der Waals surface area contributed by atoms with Crippen LogP contribution in [0.3, 0.4) is 0 Å². The van der Waals surface area contributed by atoms with Crippen LogP contribution in [0.25, 0.3) is 22.0 Å². The molecule has 208 valence electrons. The molecule has 2 N–H and O–H groups in total. The fourth-order valence-electron chi connectivity index (χ4n) is 4.35. The quantitative estimate of drug-likeness (QED) is 0.279. The fourth-order valence-corrected chi connectivity index (χ4v) is 4.35. The molecule has 4 rings (SSSR count). The zero-order valence-electron chi connectivity index (χ0n) is 22.0. The highest BCUT2D eigenvalue weighted by Crippen LogP contribution is 2.42. The first-order valence-corrected chi connectivity index (χ1v) is 12.3. The van der Waals surface area contributed by atoms with Gasteiger partial charge in [-0.15, -0.1) is 0 Å². The van der Waals surface area contributed by atoms with E-state index in [1.54, 1.807) is 18.3 Å². The summed E-state index contributed by atoms with van der Waals surface area (Å²) >= 11 is 0. The number of pyridine rings is 2. The lowest BCUT2D eigenvalue weighted by atomic mass is 9.98. The summed E-state index contributed by atoms with van der Waals surface area (Å²) in [6.45, 7) is 2.80.